The third-order valence-corrected chi connectivity index (χ3v) is 11.2. The molecule has 5 aromatic carbocycles. The topological polar surface area (TPSA) is 78.5 Å². The highest BCUT2D eigenvalue weighted by Gasteiger charge is 2.28. The Morgan fingerprint density at radius 3 is 2.38 bits per heavy atom. The molecule has 2 amide bonds. The minimum absolute atomic E-state index is 0.0383. The molecule has 0 bridgehead atoms. The van der Waals surface area contributed by atoms with Gasteiger partial charge >= 0.3 is 0 Å². The van der Waals surface area contributed by atoms with E-state index in [0.29, 0.717) is 28.5 Å². The lowest BCUT2D eigenvalue weighted by atomic mass is 9.79. The van der Waals surface area contributed by atoms with E-state index in [-0.39, 0.29) is 35.8 Å². The standard InChI is InChI=1S/C39H35FN2O3.C10H9N/c1-24-8-2-3-9-28(24)39(45)41-27-16-14-25(15-17-27)38(44)33-12-6-11-31-30(33)18-19-32-29-10-7-13-35(40)34(29)22-26(37(31)32)23-36(43)42-20-4-5-21-42;1-2-7-10-9(5-1)6-3-4-8-11-10/h2-3,7-10,13-19,22,26H,4-6,11-12,20-21,23H2,1H3,(H,41,45);1-8,11H. The predicted octanol–water partition coefficient (Wildman–Crippen LogP) is 8.57. The van der Waals surface area contributed by atoms with Crippen LogP contribution in [0.1, 0.15) is 81.0 Å². The van der Waals surface area contributed by atoms with E-state index >= 15 is 4.39 Å². The number of anilines is 2. The molecule has 4 aliphatic rings. The second kappa shape index (κ2) is 16.2. The molecule has 9 rings (SSSR count). The van der Waals surface area contributed by atoms with E-state index in [1.807, 2.05) is 84.8 Å². The van der Waals surface area contributed by atoms with Crippen LogP contribution in [-0.2, 0) is 11.2 Å². The highest BCUT2D eigenvalue weighted by molar-refractivity contribution is 6.24. The van der Waals surface area contributed by atoms with Crippen molar-refractivity contribution in [2.75, 3.05) is 23.7 Å². The lowest BCUT2D eigenvalue weighted by Gasteiger charge is -2.26. The van der Waals surface area contributed by atoms with E-state index in [9.17, 15) is 14.4 Å². The van der Waals surface area contributed by atoms with Crippen molar-refractivity contribution in [2.45, 2.75) is 51.4 Å². The Kier molecular flexibility index (Phi) is 10.6. The number of para-hydroxylation sites is 1. The minimum atomic E-state index is -0.282. The molecule has 2 aliphatic heterocycles. The van der Waals surface area contributed by atoms with Gasteiger partial charge in [0, 0.05) is 64.9 Å². The van der Waals surface area contributed by atoms with Gasteiger partial charge in [-0.05, 0) is 125 Å². The molecule has 0 saturated carbocycles. The average Bonchev–Trinajstić information content (AvgIpc) is 3.67. The number of aryl methyl sites for hydroxylation is 1. The van der Waals surface area contributed by atoms with E-state index in [1.54, 1.807) is 36.4 Å². The van der Waals surface area contributed by atoms with Crippen molar-refractivity contribution >= 4 is 46.7 Å². The summed E-state index contributed by atoms with van der Waals surface area (Å²) in [7, 11) is 0. The first-order valence-electron chi connectivity index (χ1n) is 19.5. The van der Waals surface area contributed by atoms with E-state index in [4.69, 9.17) is 0 Å². The maximum absolute atomic E-state index is 15.1. The van der Waals surface area contributed by atoms with E-state index in [1.165, 1.54) is 11.6 Å². The monoisotopic (exact) mass is 741 g/mol. The summed E-state index contributed by atoms with van der Waals surface area (Å²) in [6, 6.07) is 31.9. The smallest absolute Gasteiger partial charge is 0.255 e. The largest absolute Gasteiger partial charge is 0.361 e. The van der Waals surface area contributed by atoms with Crippen LogP contribution in [0.5, 0.6) is 0 Å². The molecule has 1 fully saturated rings. The number of carbonyl (C=O) groups excluding carboxylic acids is 3. The van der Waals surface area contributed by atoms with Gasteiger partial charge in [-0.15, -0.1) is 0 Å². The van der Waals surface area contributed by atoms with Crippen LogP contribution in [0.4, 0.5) is 15.8 Å². The summed E-state index contributed by atoms with van der Waals surface area (Å²) < 4.78 is 15.1. The summed E-state index contributed by atoms with van der Waals surface area (Å²) in [6.45, 7) is 3.45. The number of nitrogens with one attached hydrogen (secondary N) is 2. The van der Waals surface area contributed by atoms with Crippen LogP contribution in [0, 0.1) is 23.2 Å². The molecular weight excluding hydrogens is 698 g/mol. The third-order valence-electron chi connectivity index (χ3n) is 11.2. The zero-order valence-electron chi connectivity index (χ0n) is 31.5. The van der Waals surface area contributed by atoms with Gasteiger partial charge in [-0.25, -0.2) is 4.39 Å². The lowest BCUT2D eigenvalue weighted by molar-refractivity contribution is -0.130. The maximum Gasteiger partial charge on any atom is 0.255 e. The van der Waals surface area contributed by atoms with Crippen molar-refractivity contribution in [3.05, 3.63) is 182 Å². The van der Waals surface area contributed by atoms with Gasteiger partial charge in [0.15, 0.2) is 5.78 Å². The van der Waals surface area contributed by atoms with Gasteiger partial charge in [0.25, 0.3) is 5.91 Å². The van der Waals surface area contributed by atoms with Crippen molar-refractivity contribution in [2.24, 2.45) is 0 Å². The second-order valence-electron chi connectivity index (χ2n) is 14.8. The molecule has 2 N–H and O–H groups in total. The van der Waals surface area contributed by atoms with Crippen molar-refractivity contribution in [1.29, 1.82) is 0 Å². The fourth-order valence-electron chi connectivity index (χ4n) is 8.39. The van der Waals surface area contributed by atoms with Crippen LogP contribution < -0.4 is 21.1 Å². The van der Waals surface area contributed by atoms with Crippen LogP contribution >= 0.6 is 0 Å². The summed E-state index contributed by atoms with van der Waals surface area (Å²) in [5.41, 5.74) is 7.98. The Hall–Kier alpha value is -6.34. The molecule has 1 atom stereocenters. The summed E-state index contributed by atoms with van der Waals surface area (Å²) >= 11 is 0. The van der Waals surface area contributed by atoms with Gasteiger partial charge in [0.2, 0.25) is 5.91 Å². The van der Waals surface area contributed by atoms with Crippen molar-refractivity contribution < 1.29 is 18.8 Å². The molecule has 7 heteroatoms. The van der Waals surface area contributed by atoms with E-state index in [2.05, 4.69) is 28.8 Å². The first-order chi connectivity index (χ1) is 27.4. The van der Waals surface area contributed by atoms with Crippen molar-refractivity contribution in [1.82, 2.24) is 4.90 Å². The number of rotatable bonds is 6. The first-order valence-corrected chi connectivity index (χ1v) is 19.5. The van der Waals surface area contributed by atoms with Gasteiger partial charge in [-0.3, -0.25) is 14.4 Å². The average molecular weight is 742 g/mol. The van der Waals surface area contributed by atoms with Crippen LogP contribution in [0.25, 0.3) is 17.7 Å². The number of nitrogens with zero attached hydrogens (tertiary/aromatic N) is 1. The van der Waals surface area contributed by atoms with Crippen molar-refractivity contribution in [3.63, 3.8) is 0 Å². The zero-order chi connectivity index (χ0) is 38.6. The highest BCUT2D eigenvalue weighted by atomic mass is 19.1. The quantitative estimate of drug-likeness (QED) is 0.171. The van der Waals surface area contributed by atoms with Gasteiger partial charge in [-0.1, -0.05) is 78.9 Å². The van der Waals surface area contributed by atoms with Gasteiger partial charge < -0.3 is 15.5 Å². The van der Waals surface area contributed by atoms with Gasteiger partial charge in [-0.2, -0.15) is 0 Å². The molecule has 2 aliphatic carbocycles. The van der Waals surface area contributed by atoms with E-state index < -0.39 is 0 Å². The Morgan fingerprint density at radius 2 is 1.55 bits per heavy atom. The molecule has 56 heavy (non-hydrogen) atoms. The number of halogens is 1. The Labute approximate surface area is 326 Å². The molecule has 2 heterocycles. The minimum Gasteiger partial charge on any atom is -0.361 e. The number of carbonyl (C=O) groups is 3. The number of hydrogen-bond donors (Lipinski definition) is 2. The Balaban J connectivity index is 0.000000343. The number of ketones is 1. The highest BCUT2D eigenvalue weighted by Crippen LogP contribution is 2.32. The number of fused-ring (bicyclic) bond motifs is 5. The van der Waals surface area contributed by atoms with Crippen LogP contribution in [0.15, 0.2) is 121 Å². The Morgan fingerprint density at radius 1 is 0.786 bits per heavy atom. The molecule has 6 nitrogen and oxygen atoms in total. The zero-order valence-corrected chi connectivity index (χ0v) is 31.5. The molecular formula is C49H44FN3O3. The predicted molar refractivity (Wildman–Crippen MR) is 222 cm³/mol. The summed E-state index contributed by atoms with van der Waals surface area (Å²) in [6.07, 6.45) is 14.6. The van der Waals surface area contributed by atoms with Gasteiger partial charge in [0.05, 0.1) is 0 Å². The summed E-state index contributed by atoms with van der Waals surface area (Å²) in [5, 5.41) is 9.37. The van der Waals surface area contributed by atoms with E-state index in [0.717, 1.165) is 82.4 Å². The number of Topliss-reactive ketones (excluding diaryl/α,β-unsaturated/α-hetero) is 1. The summed E-state index contributed by atoms with van der Waals surface area (Å²) in [4.78, 5) is 42.0. The fourth-order valence-corrected chi connectivity index (χ4v) is 8.39. The molecule has 0 spiro atoms. The van der Waals surface area contributed by atoms with Crippen molar-refractivity contribution in [3.8, 4) is 0 Å². The first kappa shape index (κ1) is 36.6. The van der Waals surface area contributed by atoms with Gasteiger partial charge in [0.1, 0.15) is 5.82 Å². The molecule has 0 aromatic heterocycles. The molecule has 280 valence electrons. The number of hydrogen-bond acceptors (Lipinski definition) is 4. The number of amides is 2. The Bertz CT molecular complexity index is 2640. The summed E-state index contributed by atoms with van der Waals surface area (Å²) in [5.74, 6) is -0.677. The SMILES string of the molecule is C1=CNc2ccccc2C=C1.Cc1ccccc1C(=O)Nc1ccc(C(=O)C2=c3ccc4c(c3CCC2)C(CC(=O)N2CCCC2)C=c2c(F)cccc2=4)cc1. The number of likely N-dealkylation sites (tertiary alicyclic amines) is 1. The van der Waals surface area contributed by atoms with Crippen LogP contribution in [0.2, 0.25) is 0 Å². The molecule has 1 unspecified atom stereocenters. The number of allylic oxidation sites excluding steroid dienone is 2. The molecule has 0 radical (unpaired) electrons. The normalized spacial score (nSPS) is 16.1. The fraction of sp³-hybridized carbons (Fsp3) is 0.204. The number of benzene rings is 5. The molecule has 5 aromatic rings. The third kappa shape index (κ3) is 7.50. The maximum atomic E-state index is 15.1. The lowest BCUT2D eigenvalue weighted by Crippen LogP contribution is -2.31. The molecule has 1 saturated heterocycles. The van der Waals surface area contributed by atoms with Crippen LogP contribution in [0.3, 0.4) is 0 Å². The second-order valence-corrected chi connectivity index (χ2v) is 14.8. The van der Waals surface area contributed by atoms with Crippen LogP contribution in [-0.4, -0.2) is 35.6 Å².